The summed E-state index contributed by atoms with van der Waals surface area (Å²) in [5.74, 6) is 0.427. The zero-order valence-corrected chi connectivity index (χ0v) is 15.7. The monoisotopic (exact) mass is 432 g/mol. The lowest BCUT2D eigenvalue weighted by molar-refractivity contribution is -0.138. The second-order valence-corrected chi connectivity index (χ2v) is 6.85. The average molecular weight is 432 g/mol. The minimum Gasteiger partial charge on any atom is -0.338 e. The number of H-pyrrole nitrogens is 1. The molecule has 8 heteroatoms. The number of benzene rings is 3. The number of aromatic nitrogens is 2. The van der Waals surface area contributed by atoms with Gasteiger partial charge in [0.15, 0.2) is 0 Å². The van der Waals surface area contributed by atoms with E-state index in [9.17, 15) is 26.3 Å². The molecule has 1 heterocycles. The van der Waals surface area contributed by atoms with Gasteiger partial charge in [-0.15, -0.1) is 0 Å². The zero-order valence-electron chi connectivity index (χ0n) is 15.7. The molecule has 0 bridgehead atoms. The Hall–Kier alpha value is -3.55. The van der Waals surface area contributed by atoms with Gasteiger partial charge in [-0.3, -0.25) is 0 Å². The molecule has 3 aromatic carbocycles. The molecule has 0 aliphatic rings. The second-order valence-electron chi connectivity index (χ2n) is 6.85. The molecule has 0 aliphatic carbocycles. The molecular weight excluding hydrogens is 418 g/mol. The van der Waals surface area contributed by atoms with E-state index in [4.69, 9.17) is 0 Å². The highest BCUT2D eigenvalue weighted by Crippen LogP contribution is 2.37. The minimum absolute atomic E-state index is 0.0572. The number of rotatable bonds is 3. The Morgan fingerprint density at radius 1 is 0.742 bits per heavy atom. The third kappa shape index (κ3) is 4.47. The van der Waals surface area contributed by atoms with Crippen molar-refractivity contribution in [3.63, 3.8) is 0 Å². The Labute approximate surface area is 172 Å². The van der Waals surface area contributed by atoms with E-state index in [0.717, 1.165) is 18.2 Å². The summed E-state index contributed by atoms with van der Waals surface area (Å²) in [6, 6.07) is 14.7. The lowest BCUT2D eigenvalue weighted by Gasteiger charge is -2.12. The average Bonchev–Trinajstić information content (AvgIpc) is 3.13. The highest BCUT2D eigenvalue weighted by atomic mass is 19.4. The molecule has 0 aliphatic heterocycles. The largest absolute Gasteiger partial charge is 0.417 e. The molecule has 158 valence electrons. The van der Waals surface area contributed by atoms with Crippen LogP contribution in [0.4, 0.5) is 26.3 Å². The Kier molecular flexibility index (Phi) is 5.08. The topological polar surface area (TPSA) is 28.7 Å². The highest BCUT2D eigenvalue weighted by Gasteiger charge is 2.33. The fourth-order valence-corrected chi connectivity index (χ4v) is 3.21. The molecule has 4 aromatic rings. The molecule has 0 spiro atoms. The van der Waals surface area contributed by atoms with Crippen molar-refractivity contribution in [3.8, 4) is 11.1 Å². The van der Waals surface area contributed by atoms with Gasteiger partial charge in [0.05, 0.1) is 22.2 Å². The molecule has 0 atom stereocenters. The van der Waals surface area contributed by atoms with E-state index in [0.29, 0.717) is 28.0 Å². The number of hydrogen-bond donors (Lipinski definition) is 1. The Balaban J connectivity index is 1.63. The standard InChI is InChI=1S/C23H14F6N2/c24-22(25,26)16-9-5-14(6-10-16)7-12-21-30-19-11-8-15(13-20(19)31-21)17-3-1-2-4-18(17)23(27,28)29/h1-13H,(H,30,31). The number of fused-ring (bicyclic) bond motifs is 1. The fraction of sp³-hybridized carbons (Fsp3) is 0.0870. The van der Waals surface area contributed by atoms with E-state index in [2.05, 4.69) is 9.97 Å². The number of nitrogens with zero attached hydrogens (tertiary/aromatic N) is 1. The smallest absolute Gasteiger partial charge is 0.338 e. The first-order valence-corrected chi connectivity index (χ1v) is 9.13. The summed E-state index contributed by atoms with van der Waals surface area (Å²) in [6.45, 7) is 0. The van der Waals surface area contributed by atoms with Crippen molar-refractivity contribution in [1.29, 1.82) is 0 Å². The van der Waals surface area contributed by atoms with Crippen LogP contribution in [0.25, 0.3) is 34.3 Å². The summed E-state index contributed by atoms with van der Waals surface area (Å²) >= 11 is 0. The van der Waals surface area contributed by atoms with Gasteiger partial charge in [-0.1, -0.05) is 42.5 Å². The van der Waals surface area contributed by atoms with Crippen molar-refractivity contribution in [1.82, 2.24) is 9.97 Å². The molecule has 31 heavy (non-hydrogen) atoms. The Bertz CT molecular complexity index is 1250. The summed E-state index contributed by atoms with van der Waals surface area (Å²) in [6.07, 6.45) is -5.69. The lowest BCUT2D eigenvalue weighted by Crippen LogP contribution is -2.06. The number of hydrogen-bond acceptors (Lipinski definition) is 1. The molecule has 1 aromatic heterocycles. The molecular formula is C23H14F6N2. The first kappa shape index (κ1) is 20.7. The predicted octanol–water partition coefficient (Wildman–Crippen LogP) is 7.44. The SMILES string of the molecule is FC(F)(F)c1ccc(C=Cc2nc3cc(-c4ccccc4C(F)(F)F)ccc3[nH]2)cc1. The molecule has 0 radical (unpaired) electrons. The van der Waals surface area contributed by atoms with Gasteiger partial charge in [-0.25, -0.2) is 4.98 Å². The van der Waals surface area contributed by atoms with Crippen LogP contribution in [0.2, 0.25) is 0 Å². The zero-order chi connectivity index (χ0) is 22.2. The predicted molar refractivity (Wildman–Crippen MR) is 107 cm³/mol. The van der Waals surface area contributed by atoms with Crippen LogP contribution in [0.15, 0.2) is 66.7 Å². The maximum Gasteiger partial charge on any atom is 0.417 e. The third-order valence-corrected chi connectivity index (χ3v) is 4.72. The first-order valence-electron chi connectivity index (χ1n) is 9.13. The molecule has 0 fully saturated rings. The van der Waals surface area contributed by atoms with Crippen LogP contribution in [0.5, 0.6) is 0 Å². The number of aromatic amines is 1. The van der Waals surface area contributed by atoms with Gasteiger partial charge in [0, 0.05) is 0 Å². The lowest BCUT2D eigenvalue weighted by atomic mass is 9.99. The number of imidazole rings is 1. The van der Waals surface area contributed by atoms with Crippen LogP contribution in [-0.2, 0) is 12.4 Å². The summed E-state index contributed by atoms with van der Waals surface area (Å²) < 4.78 is 77.8. The maximum absolute atomic E-state index is 13.3. The van der Waals surface area contributed by atoms with Gasteiger partial charge in [-0.2, -0.15) is 26.3 Å². The second kappa shape index (κ2) is 7.61. The van der Waals surface area contributed by atoms with Crippen LogP contribution in [-0.4, -0.2) is 9.97 Å². The van der Waals surface area contributed by atoms with Crippen LogP contribution in [0, 0.1) is 0 Å². The van der Waals surface area contributed by atoms with Crippen LogP contribution in [0.3, 0.4) is 0 Å². The van der Waals surface area contributed by atoms with Gasteiger partial charge in [-0.05, 0) is 53.1 Å². The van der Waals surface area contributed by atoms with Crippen molar-refractivity contribution in [2.75, 3.05) is 0 Å². The molecule has 0 amide bonds. The number of alkyl halides is 6. The van der Waals surface area contributed by atoms with Crippen molar-refractivity contribution in [3.05, 3.63) is 89.2 Å². The van der Waals surface area contributed by atoms with Gasteiger partial charge in [0.1, 0.15) is 5.82 Å². The van der Waals surface area contributed by atoms with Gasteiger partial charge in [0.2, 0.25) is 0 Å². The van der Waals surface area contributed by atoms with Crippen molar-refractivity contribution in [2.45, 2.75) is 12.4 Å². The molecule has 4 rings (SSSR count). The van der Waals surface area contributed by atoms with E-state index >= 15 is 0 Å². The van der Waals surface area contributed by atoms with E-state index < -0.39 is 23.5 Å². The van der Waals surface area contributed by atoms with Gasteiger partial charge >= 0.3 is 12.4 Å². The molecule has 0 saturated carbocycles. The van der Waals surface area contributed by atoms with E-state index in [1.54, 1.807) is 30.4 Å². The fourth-order valence-electron chi connectivity index (χ4n) is 3.21. The van der Waals surface area contributed by atoms with E-state index in [1.165, 1.54) is 30.3 Å². The first-order chi connectivity index (χ1) is 14.6. The van der Waals surface area contributed by atoms with Gasteiger partial charge in [0.25, 0.3) is 0 Å². The highest BCUT2D eigenvalue weighted by molar-refractivity contribution is 5.84. The van der Waals surface area contributed by atoms with Crippen LogP contribution < -0.4 is 0 Å². The van der Waals surface area contributed by atoms with Crippen molar-refractivity contribution >= 4 is 23.2 Å². The van der Waals surface area contributed by atoms with Crippen molar-refractivity contribution in [2.24, 2.45) is 0 Å². The normalized spacial score (nSPS) is 12.7. The summed E-state index contributed by atoms with van der Waals surface area (Å²) in [5, 5.41) is 0. The molecule has 2 nitrogen and oxygen atoms in total. The number of nitrogens with one attached hydrogen (secondary N) is 1. The summed E-state index contributed by atoms with van der Waals surface area (Å²) in [7, 11) is 0. The molecule has 1 N–H and O–H groups in total. The molecule has 0 unspecified atom stereocenters. The van der Waals surface area contributed by atoms with Crippen molar-refractivity contribution < 1.29 is 26.3 Å². The quantitative estimate of drug-likeness (QED) is 0.335. The summed E-state index contributed by atoms with van der Waals surface area (Å²) in [5.41, 5.74) is 0.620. The number of halogens is 6. The maximum atomic E-state index is 13.3. The molecule has 0 saturated heterocycles. The summed E-state index contributed by atoms with van der Waals surface area (Å²) in [4.78, 5) is 7.38. The van der Waals surface area contributed by atoms with Crippen LogP contribution >= 0.6 is 0 Å². The minimum atomic E-state index is -4.48. The van der Waals surface area contributed by atoms with Gasteiger partial charge < -0.3 is 4.98 Å². The van der Waals surface area contributed by atoms with Crippen LogP contribution in [0.1, 0.15) is 22.5 Å². The van der Waals surface area contributed by atoms with E-state index in [1.807, 2.05) is 0 Å². The Morgan fingerprint density at radius 2 is 1.45 bits per heavy atom. The van der Waals surface area contributed by atoms with E-state index in [-0.39, 0.29) is 5.56 Å². The Morgan fingerprint density at radius 3 is 2.13 bits per heavy atom. The third-order valence-electron chi connectivity index (χ3n) is 4.72.